The molecule has 0 bridgehead atoms. The number of hydrogen-bond acceptors (Lipinski definition) is 4. The van der Waals surface area contributed by atoms with Gasteiger partial charge in [0, 0.05) is 4.47 Å². The minimum atomic E-state index is -0.509. The van der Waals surface area contributed by atoms with Gasteiger partial charge >= 0.3 is 5.97 Å². The van der Waals surface area contributed by atoms with Gasteiger partial charge in [-0.1, -0.05) is 28.1 Å². The molecule has 0 aromatic heterocycles. The lowest BCUT2D eigenvalue weighted by molar-refractivity contribution is -0.141. The maximum absolute atomic E-state index is 11.5. The molecule has 0 spiro atoms. The average molecular weight is 325 g/mol. The van der Waals surface area contributed by atoms with E-state index in [2.05, 4.69) is 26.0 Å². The molecule has 0 saturated carbocycles. The van der Waals surface area contributed by atoms with Crippen LogP contribution in [-0.4, -0.2) is 19.0 Å². The first-order chi connectivity index (χ1) is 9.06. The normalized spacial score (nSPS) is 11.2. The van der Waals surface area contributed by atoms with Gasteiger partial charge in [-0.25, -0.2) is 0 Å². The number of carbonyl (C=O) groups is 2. The van der Waals surface area contributed by atoms with Crippen LogP contribution in [0.15, 0.2) is 28.7 Å². The number of hydrogen-bond donors (Lipinski definition) is 1. The standard InChI is InChI=1S/C13H13BrN2O3/c1-19-13(18)8-11(16-12(17)5-6-15)9-3-2-4-10(14)7-9/h2-4,7,11H,5,8H2,1H3,(H,16,17). The third-order valence-corrected chi connectivity index (χ3v) is 2.92. The first-order valence-electron chi connectivity index (χ1n) is 5.55. The Balaban J connectivity index is 2.89. The Labute approximate surface area is 119 Å². The Morgan fingerprint density at radius 2 is 2.26 bits per heavy atom. The van der Waals surface area contributed by atoms with Gasteiger partial charge in [-0.05, 0) is 17.7 Å². The van der Waals surface area contributed by atoms with E-state index in [1.165, 1.54) is 7.11 Å². The largest absolute Gasteiger partial charge is 0.469 e. The second-order valence-electron chi connectivity index (χ2n) is 3.79. The van der Waals surface area contributed by atoms with Crippen molar-refractivity contribution in [2.75, 3.05) is 7.11 Å². The van der Waals surface area contributed by atoms with Crippen molar-refractivity contribution in [2.45, 2.75) is 18.9 Å². The molecule has 5 nitrogen and oxygen atoms in total. The first-order valence-corrected chi connectivity index (χ1v) is 6.34. The minimum Gasteiger partial charge on any atom is -0.469 e. The Bertz CT molecular complexity index is 511. The van der Waals surface area contributed by atoms with E-state index in [-0.39, 0.29) is 12.8 Å². The quantitative estimate of drug-likeness (QED) is 0.841. The number of methoxy groups -OCH3 is 1. The van der Waals surface area contributed by atoms with Gasteiger partial charge in [-0.15, -0.1) is 0 Å². The molecular weight excluding hydrogens is 312 g/mol. The number of nitrogens with one attached hydrogen (secondary N) is 1. The molecule has 1 atom stereocenters. The van der Waals surface area contributed by atoms with Crippen LogP contribution in [0.1, 0.15) is 24.4 Å². The second-order valence-corrected chi connectivity index (χ2v) is 4.71. The van der Waals surface area contributed by atoms with Crippen LogP contribution in [-0.2, 0) is 14.3 Å². The van der Waals surface area contributed by atoms with Crippen LogP contribution in [0.5, 0.6) is 0 Å². The fraction of sp³-hybridized carbons (Fsp3) is 0.308. The van der Waals surface area contributed by atoms with E-state index in [1.54, 1.807) is 24.3 Å². The van der Waals surface area contributed by atoms with Crippen LogP contribution in [0.4, 0.5) is 0 Å². The number of halogens is 1. The molecule has 0 heterocycles. The first kappa shape index (κ1) is 15.2. The molecule has 1 aromatic rings. The molecule has 0 aliphatic heterocycles. The topological polar surface area (TPSA) is 79.2 Å². The molecule has 0 fully saturated rings. The zero-order valence-electron chi connectivity index (χ0n) is 10.4. The van der Waals surface area contributed by atoms with E-state index in [1.807, 2.05) is 6.07 Å². The van der Waals surface area contributed by atoms with Crippen LogP contribution in [0.3, 0.4) is 0 Å². The van der Waals surface area contributed by atoms with Crippen molar-refractivity contribution in [1.29, 1.82) is 5.26 Å². The van der Waals surface area contributed by atoms with E-state index in [0.29, 0.717) is 0 Å². The van der Waals surface area contributed by atoms with Gasteiger partial charge in [-0.3, -0.25) is 9.59 Å². The lowest BCUT2D eigenvalue weighted by Crippen LogP contribution is -2.30. The molecule has 100 valence electrons. The summed E-state index contributed by atoms with van der Waals surface area (Å²) in [5.74, 6) is -0.849. The highest BCUT2D eigenvalue weighted by atomic mass is 79.9. The minimum absolute atomic E-state index is 0.0180. The highest BCUT2D eigenvalue weighted by Gasteiger charge is 2.18. The highest BCUT2D eigenvalue weighted by molar-refractivity contribution is 9.10. The van der Waals surface area contributed by atoms with Crippen LogP contribution in [0.25, 0.3) is 0 Å². The molecule has 0 saturated heterocycles. The number of nitrogens with zero attached hydrogens (tertiary/aromatic N) is 1. The van der Waals surface area contributed by atoms with Crippen LogP contribution in [0, 0.1) is 11.3 Å². The molecule has 1 rings (SSSR count). The maximum Gasteiger partial charge on any atom is 0.307 e. The van der Waals surface area contributed by atoms with Crippen molar-refractivity contribution in [1.82, 2.24) is 5.32 Å². The van der Waals surface area contributed by atoms with Crippen molar-refractivity contribution >= 4 is 27.8 Å². The fourth-order valence-electron chi connectivity index (χ4n) is 1.54. The molecule has 6 heteroatoms. The second kappa shape index (κ2) is 7.54. The third-order valence-electron chi connectivity index (χ3n) is 2.42. The Kier molecular flexibility index (Phi) is 6.03. The number of nitriles is 1. The Morgan fingerprint density at radius 3 is 2.84 bits per heavy atom. The van der Waals surface area contributed by atoms with Gasteiger partial charge in [0.1, 0.15) is 6.42 Å². The smallest absolute Gasteiger partial charge is 0.307 e. The van der Waals surface area contributed by atoms with Gasteiger partial charge < -0.3 is 10.1 Å². The lowest BCUT2D eigenvalue weighted by atomic mass is 10.0. The summed E-state index contributed by atoms with van der Waals surface area (Å²) in [6, 6.07) is 8.51. The predicted octanol–water partition coefficient (Wildman–Crippen LogP) is 2.08. The molecule has 0 radical (unpaired) electrons. The van der Waals surface area contributed by atoms with E-state index in [4.69, 9.17) is 5.26 Å². The van der Waals surface area contributed by atoms with Gasteiger partial charge in [0.05, 0.1) is 25.6 Å². The number of esters is 1. The summed E-state index contributed by atoms with van der Waals surface area (Å²) in [6.45, 7) is 0. The zero-order chi connectivity index (χ0) is 14.3. The molecule has 19 heavy (non-hydrogen) atoms. The Hall–Kier alpha value is -1.87. The SMILES string of the molecule is COC(=O)CC(NC(=O)CC#N)c1cccc(Br)c1. The Morgan fingerprint density at radius 1 is 1.53 bits per heavy atom. The summed E-state index contributed by atoms with van der Waals surface area (Å²) >= 11 is 3.33. The van der Waals surface area contributed by atoms with Crippen LogP contribution < -0.4 is 5.32 Å². The van der Waals surface area contributed by atoms with Crippen molar-refractivity contribution in [3.63, 3.8) is 0 Å². The zero-order valence-corrected chi connectivity index (χ0v) is 11.9. The average Bonchev–Trinajstić information content (AvgIpc) is 2.38. The summed E-state index contributed by atoms with van der Waals surface area (Å²) in [6.07, 6.45) is -0.226. The van der Waals surface area contributed by atoms with Crippen molar-refractivity contribution < 1.29 is 14.3 Å². The molecule has 1 N–H and O–H groups in total. The molecular formula is C13H13BrN2O3. The van der Waals surface area contributed by atoms with Crippen LogP contribution in [0.2, 0.25) is 0 Å². The van der Waals surface area contributed by atoms with Gasteiger partial charge in [0.25, 0.3) is 0 Å². The molecule has 0 aliphatic carbocycles. The molecule has 1 amide bonds. The number of carbonyl (C=O) groups excluding carboxylic acids is 2. The van der Waals surface area contributed by atoms with E-state index < -0.39 is 17.9 Å². The summed E-state index contributed by atoms with van der Waals surface area (Å²) < 4.78 is 5.45. The van der Waals surface area contributed by atoms with Crippen molar-refractivity contribution in [3.8, 4) is 6.07 Å². The monoisotopic (exact) mass is 324 g/mol. The van der Waals surface area contributed by atoms with Gasteiger partial charge in [-0.2, -0.15) is 5.26 Å². The van der Waals surface area contributed by atoms with E-state index in [0.717, 1.165) is 10.0 Å². The number of ether oxygens (including phenoxy) is 1. The number of amides is 1. The molecule has 0 aliphatic rings. The van der Waals surface area contributed by atoms with Crippen LogP contribution >= 0.6 is 15.9 Å². The van der Waals surface area contributed by atoms with E-state index >= 15 is 0 Å². The summed E-state index contributed by atoms with van der Waals surface area (Å²) in [4.78, 5) is 22.9. The highest BCUT2D eigenvalue weighted by Crippen LogP contribution is 2.21. The fourth-order valence-corrected chi connectivity index (χ4v) is 1.96. The summed E-state index contributed by atoms with van der Waals surface area (Å²) in [7, 11) is 1.29. The number of benzene rings is 1. The maximum atomic E-state index is 11.5. The van der Waals surface area contributed by atoms with Gasteiger partial charge in [0.15, 0.2) is 0 Å². The van der Waals surface area contributed by atoms with Crippen molar-refractivity contribution in [2.24, 2.45) is 0 Å². The number of rotatable bonds is 5. The lowest BCUT2D eigenvalue weighted by Gasteiger charge is -2.17. The molecule has 1 aromatic carbocycles. The predicted molar refractivity (Wildman–Crippen MR) is 71.9 cm³/mol. The summed E-state index contributed by atoms with van der Waals surface area (Å²) in [5.41, 5.74) is 0.770. The van der Waals surface area contributed by atoms with Gasteiger partial charge in [0.2, 0.25) is 5.91 Å². The molecule has 1 unspecified atom stereocenters. The van der Waals surface area contributed by atoms with E-state index in [9.17, 15) is 9.59 Å². The van der Waals surface area contributed by atoms with Crippen molar-refractivity contribution in [3.05, 3.63) is 34.3 Å². The summed E-state index contributed by atoms with van der Waals surface area (Å²) in [5, 5.41) is 11.1. The third kappa shape index (κ3) is 5.10.